The predicted octanol–water partition coefficient (Wildman–Crippen LogP) is -1.21. The first-order valence-corrected chi connectivity index (χ1v) is 5.99. The van der Waals surface area contributed by atoms with Crippen molar-refractivity contribution < 1.29 is 48.3 Å². The van der Waals surface area contributed by atoms with Gasteiger partial charge in [-0.25, -0.2) is 14.4 Å². The molecule has 10 nitrogen and oxygen atoms in total. The van der Waals surface area contributed by atoms with Gasteiger partial charge in [-0.15, -0.1) is 0 Å². The summed E-state index contributed by atoms with van der Waals surface area (Å²) in [6, 6.07) is 0. The molecular weight excluding hydrogens is 292 g/mol. The molecule has 0 aromatic rings. The lowest BCUT2D eigenvalue weighted by Gasteiger charge is -2.07. The summed E-state index contributed by atoms with van der Waals surface area (Å²) in [4.78, 5) is 32.1. The van der Waals surface area contributed by atoms with Crippen molar-refractivity contribution in [3.05, 3.63) is 0 Å². The van der Waals surface area contributed by atoms with Crippen LogP contribution in [0, 0.1) is 0 Å². The van der Waals surface area contributed by atoms with Crippen LogP contribution in [-0.4, -0.2) is 81.2 Å². The van der Waals surface area contributed by atoms with E-state index in [0.717, 1.165) is 0 Å². The first kappa shape index (κ1) is 19.1. The molecule has 0 spiro atoms. The summed E-state index contributed by atoms with van der Waals surface area (Å²) in [5.41, 5.74) is 0. The second-order valence-corrected chi connectivity index (χ2v) is 3.39. The molecule has 122 valence electrons. The van der Waals surface area contributed by atoms with Crippen LogP contribution in [0.4, 0.5) is 4.79 Å². The monoisotopic (exact) mass is 310 g/mol. The molecule has 0 amide bonds. The van der Waals surface area contributed by atoms with Gasteiger partial charge in [0.25, 0.3) is 0 Å². The summed E-state index contributed by atoms with van der Waals surface area (Å²) in [5.74, 6) is -1.77. The first-order chi connectivity index (χ1) is 10.1. The molecule has 2 N–H and O–H groups in total. The molecule has 0 saturated carbocycles. The van der Waals surface area contributed by atoms with Gasteiger partial charge in [0.1, 0.15) is 33.0 Å². The molecule has 0 aliphatic carbocycles. The Balaban J connectivity index is 3.37. The van der Waals surface area contributed by atoms with Crippen LogP contribution in [0.1, 0.15) is 0 Å². The van der Waals surface area contributed by atoms with Crippen LogP contribution in [0.5, 0.6) is 0 Å². The summed E-state index contributed by atoms with van der Waals surface area (Å²) in [7, 11) is 0. The highest BCUT2D eigenvalue weighted by Gasteiger charge is 2.06. The van der Waals surface area contributed by atoms with E-state index < -0.39 is 24.7 Å². The fourth-order valence-electron chi connectivity index (χ4n) is 0.927. The number of aliphatic hydroxyl groups is 1. The maximum atomic E-state index is 11.0. The van der Waals surface area contributed by atoms with Crippen molar-refractivity contribution in [2.45, 2.75) is 0 Å². The fourth-order valence-corrected chi connectivity index (χ4v) is 0.927. The molecule has 0 rings (SSSR count). The number of aliphatic carboxylic acids is 1. The topological polar surface area (TPSA) is 138 Å². The van der Waals surface area contributed by atoms with E-state index in [1.807, 2.05) is 0 Å². The molecule has 0 aliphatic heterocycles. The summed E-state index contributed by atoms with van der Waals surface area (Å²) in [6.45, 7) is -1.52. The fraction of sp³-hybridized carbons (Fsp3) is 0.727. The predicted molar refractivity (Wildman–Crippen MR) is 64.6 cm³/mol. The van der Waals surface area contributed by atoms with Gasteiger partial charge >= 0.3 is 18.1 Å². The number of hydrogen-bond acceptors (Lipinski definition) is 9. The minimum Gasteiger partial charge on any atom is -0.480 e. The van der Waals surface area contributed by atoms with E-state index in [9.17, 15) is 14.4 Å². The third-order valence-electron chi connectivity index (χ3n) is 1.69. The van der Waals surface area contributed by atoms with Gasteiger partial charge < -0.3 is 33.9 Å². The Hall–Kier alpha value is -1.91. The number of aliphatic hydroxyl groups excluding tert-OH is 1. The molecule has 0 bridgehead atoms. The molecule has 0 fully saturated rings. The Morgan fingerprint density at radius 1 is 0.762 bits per heavy atom. The van der Waals surface area contributed by atoms with E-state index in [0.29, 0.717) is 0 Å². The van der Waals surface area contributed by atoms with Crippen molar-refractivity contribution in [1.29, 1.82) is 0 Å². The van der Waals surface area contributed by atoms with Crippen molar-refractivity contribution in [3.8, 4) is 0 Å². The minimum atomic E-state index is -1.12. The van der Waals surface area contributed by atoms with Crippen molar-refractivity contribution in [2.24, 2.45) is 0 Å². The maximum Gasteiger partial charge on any atom is 0.508 e. The SMILES string of the molecule is O=C(O)COCCOC(=O)OCCOC(=O)COCCO. The molecular formula is C11H18O10. The zero-order valence-corrected chi connectivity index (χ0v) is 11.3. The summed E-state index contributed by atoms with van der Waals surface area (Å²) in [6.07, 6.45) is -0.985. The molecule has 0 unspecified atom stereocenters. The Labute approximate surface area is 120 Å². The van der Waals surface area contributed by atoms with Gasteiger partial charge in [-0.1, -0.05) is 0 Å². The average molecular weight is 310 g/mol. The highest BCUT2D eigenvalue weighted by atomic mass is 16.7. The van der Waals surface area contributed by atoms with E-state index >= 15 is 0 Å². The Morgan fingerprint density at radius 3 is 1.95 bits per heavy atom. The van der Waals surface area contributed by atoms with Crippen molar-refractivity contribution >= 4 is 18.1 Å². The second-order valence-electron chi connectivity index (χ2n) is 3.39. The average Bonchev–Trinajstić information content (AvgIpc) is 2.43. The van der Waals surface area contributed by atoms with Crippen molar-refractivity contribution in [3.63, 3.8) is 0 Å². The highest BCUT2D eigenvalue weighted by Crippen LogP contribution is 1.88. The van der Waals surface area contributed by atoms with Gasteiger partial charge in [0.15, 0.2) is 0 Å². The molecule has 0 radical (unpaired) electrons. The van der Waals surface area contributed by atoms with Crippen LogP contribution in [0.2, 0.25) is 0 Å². The lowest BCUT2D eigenvalue weighted by atomic mass is 10.7. The standard InChI is InChI=1S/C11H18O10/c12-1-2-17-8-10(15)19-5-6-21-11(16)20-4-3-18-7-9(13)14/h12H,1-8H2,(H,13,14). The highest BCUT2D eigenvalue weighted by molar-refractivity contribution is 5.70. The number of ether oxygens (including phenoxy) is 5. The van der Waals surface area contributed by atoms with Gasteiger partial charge in [0.05, 0.1) is 19.8 Å². The number of carbonyl (C=O) groups is 3. The van der Waals surface area contributed by atoms with Crippen LogP contribution in [0.3, 0.4) is 0 Å². The smallest absolute Gasteiger partial charge is 0.480 e. The van der Waals surface area contributed by atoms with E-state index in [1.165, 1.54) is 0 Å². The number of rotatable bonds is 12. The Morgan fingerprint density at radius 2 is 1.33 bits per heavy atom. The number of hydrogen-bond donors (Lipinski definition) is 2. The Bertz CT molecular complexity index is 316. The second kappa shape index (κ2) is 13.1. The van der Waals surface area contributed by atoms with Crippen LogP contribution >= 0.6 is 0 Å². The quantitative estimate of drug-likeness (QED) is 0.333. The van der Waals surface area contributed by atoms with Crippen molar-refractivity contribution in [1.82, 2.24) is 0 Å². The van der Waals surface area contributed by atoms with Crippen LogP contribution < -0.4 is 0 Å². The number of carboxylic acid groups (broad SMARTS) is 1. The van der Waals surface area contributed by atoms with Gasteiger partial charge in [-0.05, 0) is 0 Å². The van der Waals surface area contributed by atoms with Crippen molar-refractivity contribution in [2.75, 3.05) is 52.9 Å². The molecule has 0 aromatic carbocycles. The first-order valence-electron chi connectivity index (χ1n) is 5.99. The maximum absolute atomic E-state index is 11.0. The number of carboxylic acids is 1. The molecule has 21 heavy (non-hydrogen) atoms. The third-order valence-corrected chi connectivity index (χ3v) is 1.69. The molecule has 0 atom stereocenters. The normalized spacial score (nSPS) is 9.95. The van der Waals surface area contributed by atoms with E-state index in [-0.39, 0.29) is 46.2 Å². The molecule has 10 heteroatoms. The van der Waals surface area contributed by atoms with Gasteiger partial charge in [0, 0.05) is 0 Å². The Kier molecular flexibility index (Phi) is 11.9. The molecule has 0 heterocycles. The van der Waals surface area contributed by atoms with E-state index in [1.54, 1.807) is 0 Å². The molecule has 0 aromatic heterocycles. The summed E-state index contributed by atoms with van der Waals surface area (Å²) >= 11 is 0. The summed E-state index contributed by atoms with van der Waals surface area (Å²) in [5, 5.41) is 16.7. The lowest BCUT2D eigenvalue weighted by molar-refractivity contribution is -0.150. The van der Waals surface area contributed by atoms with Crippen LogP contribution in [0.25, 0.3) is 0 Å². The molecule has 0 saturated heterocycles. The minimum absolute atomic E-state index is 0.0296. The van der Waals surface area contributed by atoms with Crippen LogP contribution in [0.15, 0.2) is 0 Å². The number of carbonyl (C=O) groups excluding carboxylic acids is 2. The van der Waals surface area contributed by atoms with Gasteiger partial charge in [-0.3, -0.25) is 0 Å². The lowest BCUT2D eigenvalue weighted by Crippen LogP contribution is -2.19. The third kappa shape index (κ3) is 14.3. The zero-order valence-electron chi connectivity index (χ0n) is 11.3. The van der Waals surface area contributed by atoms with Crippen LogP contribution in [-0.2, 0) is 33.3 Å². The van der Waals surface area contributed by atoms with E-state index in [2.05, 4.69) is 18.9 Å². The summed E-state index contributed by atoms with van der Waals surface area (Å²) < 4.78 is 23.1. The molecule has 0 aliphatic rings. The largest absolute Gasteiger partial charge is 0.508 e. The van der Waals surface area contributed by atoms with Gasteiger partial charge in [0.2, 0.25) is 0 Å². The number of esters is 1. The van der Waals surface area contributed by atoms with E-state index in [4.69, 9.17) is 14.9 Å². The van der Waals surface area contributed by atoms with Gasteiger partial charge in [-0.2, -0.15) is 0 Å². The zero-order chi connectivity index (χ0) is 15.9.